The third-order valence-electron chi connectivity index (χ3n) is 1.94. The molecule has 1 aromatic carbocycles. The van der Waals surface area contributed by atoms with Crippen molar-refractivity contribution in [1.29, 1.82) is 0 Å². The van der Waals surface area contributed by atoms with Crippen LogP contribution in [0.2, 0.25) is 10.3 Å². The van der Waals surface area contributed by atoms with Crippen molar-refractivity contribution in [3.05, 3.63) is 46.7 Å². The van der Waals surface area contributed by atoms with E-state index in [-0.39, 0.29) is 21.2 Å². The van der Waals surface area contributed by atoms with E-state index in [0.717, 1.165) is 0 Å². The quantitative estimate of drug-likeness (QED) is 0.885. The number of sulfonamides is 1. The van der Waals surface area contributed by atoms with E-state index in [2.05, 4.69) is 14.7 Å². The molecule has 1 heterocycles. The van der Waals surface area contributed by atoms with Gasteiger partial charge in [-0.3, -0.25) is 0 Å². The lowest BCUT2D eigenvalue weighted by atomic mass is 10.4. The Labute approximate surface area is 114 Å². The molecule has 0 unspecified atom stereocenters. The molecule has 0 amide bonds. The highest BCUT2D eigenvalue weighted by Gasteiger charge is 2.15. The van der Waals surface area contributed by atoms with E-state index in [1.165, 1.54) is 18.2 Å². The highest BCUT2D eigenvalue weighted by atomic mass is 35.5. The van der Waals surface area contributed by atoms with Crippen LogP contribution in [0, 0.1) is 0 Å². The number of aromatic nitrogens is 2. The largest absolute Gasteiger partial charge is 0.264 e. The summed E-state index contributed by atoms with van der Waals surface area (Å²) in [7, 11) is -3.74. The molecule has 0 fully saturated rings. The molecule has 1 aromatic heterocycles. The van der Waals surface area contributed by atoms with Crippen molar-refractivity contribution in [3.63, 3.8) is 0 Å². The van der Waals surface area contributed by atoms with E-state index in [4.69, 9.17) is 23.2 Å². The standard InChI is InChI=1S/C10H7Cl2N3O2S/c11-8-6-9(12)14-10(13-8)15-18(16,17)7-4-2-1-3-5-7/h1-6H,(H,13,14,15). The maximum Gasteiger partial charge on any atom is 0.264 e. The van der Waals surface area contributed by atoms with Crippen LogP contribution in [-0.2, 0) is 10.0 Å². The molecule has 0 saturated heterocycles. The Morgan fingerprint density at radius 1 is 1.00 bits per heavy atom. The summed E-state index contributed by atoms with van der Waals surface area (Å²) in [4.78, 5) is 7.55. The maximum atomic E-state index is 11.9. The van der Waals surface area contributed by atoms with Crippen LogP contribution in [0.5, 0.6) is 0 Å². The number of hydrogen-bond acceptors (Lipinski definition) is 4. The summed E-state index contributed by atoms with van der Waals surface area (Å²) < 4.78 is 26.1. The van der Waals surface area contributed by atoms with Gasteiger partial charge in [-0.05, 0) is 12.1 Å². The zero-order chi connectivity index (χ0) is 13.2. The number of anilines is 1. The van der Waals surface area contributed by atoms with E-state index in [0.29, 0.717) is 0 Å². The molecule has 2 rings (SSSR count). The molecule has 0 spiro atoms. The minimum Gasteiger partial charge on any atom is -0.247 e. The van der Waals surface area contributed by atoms with Gasteiger partial charge in [0.1, 0.15) is 10.3 Å². The second-order valence-corrected chi connectivity index (χ2v) is 5.71. The molecule has 2 aromatic rings. The molecule has 0 radical (unpaired) electrons. The first-order valence-electron chi connectivity index (χ1n) is 4.75. The van der Waals surface area contributed by atoms with Crippen molar-refractivity contribution < 1.29 is 8.42 Å². The van der Waals surface area contributed by atoms with Gasteiger partial charge in [0.15, 0.2) is 0 Å². The van der Waals surface area contributed by atoms with Crippen LogP contribution in [0.4, 0.5) is 5.95 Å². The molecular weight excluding hydrogens is 297 g/mol. The first-order valence-corrected chi connectivity index (χ1v) is 6.99. The molecule has 18 heavy (non-hydrogen) atoms. The predicted molar refractivity (Wildman–Crippen MR) is 69.3 cm³/mol. The number of nitrogens with one attached hydrogen (secondary N) is 1. The number of benzene rings is 1. The van der Waals surface area contributed by atoms with Gasteiger partial charge < -0.3 is 0 Å². The minimum absolute atomic E-state index is 0.0563. The van der Waals surface area contributed by atoms with Gasteiger partial charge in [-0.1, -0.05) is 41.4 Å². The zero-order valence-electron chi connectivity index (χ0n) is 8.84. The van der Waals surface area contributed by atoms with Crippen LogP contribution >= 0.6 is 23.2 Å². The average Bonchev–Trinajstić information content (AvgIpc) is 2.28. The number of hydrogen-bond donors (Lipinski definition) is 1. The van der Waals surface area contributed by atoms with Crippen LogP contribution in [0.1, 0.15) is 0 Å². The number of halogens is 2. The van der Waals surface area contributed by atoms with E-state index < -0.39 is 10.0 Å². The van der Waals surface area contributed by atoms with Gasteiger partial charge in [-0.15, -0.1) is 0 Å². The van der Waals surface area contributed by atoms with Gasteiger partial charge >= 0.3 is 0 Å². The second-order valence-electron chi connectivity index (χ2n) is 3.26. The molecule has 0 aliphatic rings. The van der Waals surface area contributed by atoms with E-state index >= 15 is 0 Å². The summed E-state index contributed by atoms with van der Waals surface area (Å²) in [5, 5.41) is 0.113. The Morgan fingerprint density at radius 2 is 1.56 bits per heavy atom. The molecular formula is C10H7Cl2N3O2S. The molecule has 5 nitrogen and oxygen atoms in total. The van der Waals surface area contributed by atoms with Crippen molar-refractivity contribution in [2.45, 2.75) is 4.90 Å². The smallest absolute Gasteiger partial charge is 0.247 e. The Kier molecular flexibility index (Phi) is 3.70. The van der Waals surface area contributed by atoms with Crippen LogP contribution in [-0.4, -0.2) is 18.4 Å². The summed E-state index contributed by atoms with van der Waals surface area (Å²) >= 11 is 11.3. The minimum atomic E-state index is -3.74. The highest BCUT2D eigenvalue weighted by Crippen LogP contribution is 2.17. The molecule has 0 saturated carbocycles. The van der Waals surface area contributed by atoms with Crippen LogP contribution < -0.4 is 4.72 Å². The van der Waals surface area contributed by atoms with Gasteiger partial charge in [-0.25, -0.2) is 23.1 Å². The average molecular weight is 304 g/mol. The molecule has 1 N–H and O–H groups in total. The molecule has 94 valence electrons. The predicted octanol–water partition coefficient (Wildman–Crippen LogP) is 2.58. The lowest BCUT2D eigenvalue weighted by Gasteiger charge is -2.06. The summed E-state index contributed by atoms with van der Waals surface area (Å²) in [6, 6.07) is 9.15. The molecule has 0 bridgehead atoms. The van der Waals surface area contributed by atoms with Crippen LogP contribution in [0.15, 0.2) is 41.3 Å². The third kappa shape index (κ3) is 3.10. The van der Waals surface area contributed by atoms with Crippen molar-refractivity contribution in [1.82, 2.24) is 9.97 Å². The fourth-order valence-electron chi connectivity index (χ4n) is 1.21. The van der Waals surface area contributed by atoms with Crippen molar-refractivity contribution in [2.24, 2.45) is 0 Å². The number of nitrogens with zero attached hydrogens (tertiary/aromatic N) is 2. The molecule has 0 aliphatic carbocycles. The Bertz CT molecular complexity index is 642. The first kappa shape index (κ1) is 13.1. The molecule has 8 heteroatoms. The van der Waals surface area contributed by atoms with Crippen LogP contribution in [0.3, 0.4) is 0 Å². The highest BCUT2D eigenvalue weighted by molar-refractivity contribution is 7.92. The normalized spacial score (nSPS) is 11.2. The fourth-order valence-corrected chi connectivity index (χ4v) is 2.60. The monoisotopic (exact) mass is 303 g/mol. The summed E-state index contributed by atoms with van der Waals surface area (Å²) in [5.41, 5.74) is 0. The summed E-state index contributed by atoms with van der Waals surface area (Å²) in [6.45, 7) is 0. The first-order chi connectivity index (χ1) is 8.47. The van der Waals surface area contributed by atoms with Gasteiger partial charge in [0.25, 0.3) is 10.0 Å². The molecule has 0 atom stereocenters. The zero-order valence-corrected chi connectivity index (χ0v) is 11.2. The lowest BCUT2D eigenvalue weighted by Crippen LogP contribution is -2.15. The second kappa shape index (κ2) is 5.09. The van der Waals surface area contributed by atoms with Gasteiger partial charge in [0.2, 0.25) is 5.95 Å². The SMILES string of the molecule is O=S(=O)(Nc1nc(Cl)cc(Cl)n1)c1ccccc1. The fraction of sp³-hybridized carbons (Fsp3) is 0. The van der Waals surface area contributed by atoms with E-state index in [1.807, 2.05) is 0 Å². The van der Waals surface area contributed by atoms with Crippen LogP contribution in [0.25, 0.3) is 0 Å². The summed E-state index contributed by atoms with van der Waals surface area (Å²) in [5.74, 6) is -0.170. The Morgan fingerprint density at radius 3 is 2.11 bits per heavy atom. The number of rotatable bonds is 3. The van der Waals surface area contributed by atoms with Crippen molar-refractivity contribution in [3.8, 4) is 0 Å². The van der Waals surface area contributed by atoms with E-state index in [9.17, 15) is 8.42 Å². The molecule has 0 aliphatic heterocycles. The maximum absolute atomic E-state index is 11.9. The van der Waals surface area contributed by atoms with Gasteiger partial charge in [-0.2, -0.15) is 0 Å². The van der Waals surface area contributed by atoms with Gasteiger partial charge in [0.05, 0.1) is 4.90 Å². The Hall–Kier alpha value is -1.37. The Balaban J connectivity index is 2.34. The van der Waals surface area contributed by atoms with E-state index in [1.54, 1.807) is 18.2 Å². The third-order valence-corrected chi connectivity index (χ3v) is 3.67. The van der Waals surface area contributed by atoms with Crippen molar-refractivity contribution >= 4 is 39.2 Å². The summed E-state index contributed by atoms with van der Waals surface area (Å²) in [6.07, 6.45) is 0. The lowest BCUT2D eigenvalue weighted by molar-refractivity contribution is 0.601. The topological polar surface area (TPSA) is 72.0 Å². The van der Waals surface area contributed by atoms with Gasteiger partial charge in [0, 0.05) is 6.07 Å². The van der Waals surface area contributed by atoms with Crippen molar-refractivity contribution in [2.75, 3.05) is 4.72 Å².